The van der Waals surface area contributed by atoms with E-state index in [1.165, 1.54) is 0 Å². The maximum atomic E-state index is 11.8. The molecule has 0 aromatic carbocycles. The molecule has 1 rings (SSSR count). The third-order valence-electron chi connectivity index (χ3n) is 3.02. The van der Waals surface area contributed by atoms with Crippen LogP contribution in [0.15, 0.2) is 12.2 Å². The molecule has 0 spiro atoms. The molecule has 1 N–H and O–H groups in total. The predicted octanol–water partition coefficient (Wildman–Crippen LogP) is 0.793. The van der Waals surface area contributed by atoms with Crippen molar-refractivity contribution >= 4 is 5.91 Å². The first-order valence-corrected chi connectivity index (χ1v) is 6.23. The molecule has 100 valence electrons. The highest BCUT2D eigenvalue weighted by atomic mass is 16.5. The summed E-state index contributed by atoms with van der Waals surface area (Å²) in [5, 5.41) is 3.04. The van der Waals surface area contributed by atoms with Crippen LogP contribution >= 0.6 is 0 Å². The van der Waals surface area contributed by atoms with Crippen molar-refractivity contribution in [2.45, 2.75) is 24.8 Å². The summed E-state index contributed by atoms with van der Waals surface area (Å²) in [5.41, 5.74) is -0.285. The molecular formula is C14H22N2O2. The molecule has 1 fully saturated rings. The fourth-order valence-electron chi connectivity index (χ4n) is 1.98. The minimum absolute atomic E-state index is 0.0750. The molecule has 4 nitrogen and oxygen atoms in total. The van der Waals surface area contributed by atoms with Gasteiger partial charge in [0.15, 0.2) is 0 Å². The number of likely N-dealkylation sites (N-methyl/N-ethyl adjacent to an activating group) is 1. The van der Waals surface area contributed by atoms with Gasteiger partial charge in [0, 0.05) is 32.3 Å². The minimum Gasteiger partial charge on any atom is -0.381 e. The Hall–Kier alpha value is -1.31. The van der Waals surface area contributed by atoms with Crippen LogP contribution in [0.1, 0.15) is 19.3 Å². The lowest BCUT2D eigenvalue weighted by molar-refractivity contribution is -0.119. The summed E-state index contributed by atoms with van der Waals surface area (Å²) in [4.78, 5) is 13.8. The lowest BCUT2D eigenvalue weighted by Crippen LogP contribution is -2.51. The zero-order valence-corrected chi connectivity index (χ0v) is 11.2. The number of nitrogens with zero attached hydrogens (tertiary/aromatic N) is 1. The van der Waals surface area contributed by atoms with E-state index in [0.29, 0.717) is 19.6 Å². The van der Waals surface area contributed by atoms with Crippen LogP contribution in [0.4, 0.5) is 0 Å². The highest BCUT2D eigenvalue weighted by Gasteiger charge is 2.32. The first-order chi connectivity index (χ1) is 8.58. The Balaban J connectivity index is 2.53. The Bertz CT molecular complexity index is 336. The van der Waals surface area contributed by atoms with Gasteiger partial charge in [0.2, 0.25) is 5.91 Å². The summed E-state index contributed by atoms with van der Waals surface area (Å²) in [6.45, 7) is 2.06. The van der Waals surface area contributed by atoms with Gasteiger partial charge in [-0.15, -0.1) is 12.3 Å². The molecule has 0 aromatic rings. The van der Waals surface area contributed by atoms with Crippen molar-refractivity contribution < 1.29 is 9.53 Å². The molecule has 0 unspecified atom stereocenters. The van der Waals surface area contributed by atoms with E-state index in [9.17, 15) is 4.79 Å². The predicted molar refractivity (Wildman–Crippen MR) is 72.1 cm³/mol. The molecule has 0 radical (unpaired) electrons. The van der Waals surface area contributed by atoms with Crippen LogP contribution < -0.4 is 5.32 Å². The van der Waals surface area contributed by atoms with Crippen molar-refractivity contribution in [1.29, 1.82) is 0 Å². The van der Waals surface area contributed by atoms with E-state index in [1.807, 2.05) is 25.1 Å². The molecule has 4 heteroatoms. The SMILES string of the molecule is C#CCC1(NC(=O)/C=C/CN(C)C)CCOCC1. The van der Waals surface area contributed by atoms with Gasteiger partial charge in [0.05, 0.1) is 5.54 Å². The topological polar surface area (TPSA) is 41.6 Å². The van der Waals surface area contributed by atoms with E-state index in [1.54, 1.807) is 6.08 Å². The van der Waals surface area contributed by atoms with Gasteiger partial charge in [0.1, 0.15) is 0 Å². The number of terminal acetylenes is 1. The van der Waals surface area contributed by atoms with Gasteiger partial charge in [-0.25, -0.2) is 0 Å². The van der Waals surface area contributed by atoms with Crippen molar-refractivity contribution in [3.05, 3.63) is 12.2 Å². The van der Waals surface area contributed by atoms with Gasteiger partial charge in [-0.2, -0.15) is 0 Å². The number of amides is 1. The molecule has 1 aliphatic rings. The van der Waals surface area contributed by atoms with E-state index >= 15 is 0 Å². The Morgan fingerprint density at radius 1 is 1.50 bits per heavy atom. The second-order valence-corrected chi connectivity index (χ2v) is 4.93. The maximum absolute atomic E-state index is 11.8. The Morgan fingerprint density at radius 3 is 2.72 bits per heavy atom. The first-order valence-electron chi connectivity index (χ1n) is 6.23. The van der Waals surface area contributed by atoms with Crippen molar-refractivity contribution in [2.75, 3.05) is 33.9 Å². The fraction of sp³-hybridized carbons (Fsp3) is 0.643. The Morgan fingerprint density at radius 2 is 2.17 bits per heavy atom. The van der Waals surface area contributed by atoms with Crippen LogP contribution in [-0.4, -0.2) is 50.2 Å². The summed E-state index contributed by atoms with van der Waals surface area (Å²) in [5.74, 6) is 2.58. The zero-order valence-electron chi connectivity index (χ0n) is 11.2. The highest BCUT2D eigenvalue weighted by molar-refractivity contribution is 5.88. The Labute approximate surface area is 109 Å². The van der Waals surface area contributed by atoms with Crippen LogP contribution in [0.2, 0.25) is 0 Å². The maximum Gasteiger partial charge on any atom is 0.244 e. The van der Waals surface area contributed by atoms with Crippen LogP contribution in [0.3, 0.4) is 0 Å². The highest BCUT2D eigenvalue weighted by Crippen LogP contribution is 2.24. The smallest absolute Gasteiger partial charge is 0.244 e. The lowest BCUT2D eigenvalue weighted by atomic mass is 9.87. The van der Waals surface area contributed by atoms with Crippen LogP contribution in [0.5, 0.6) is 0 Å². The van der Waals surface area contributed by atoms with Crippen LogP contribution in [0, 0.1) is 12.3 Å². The standard InChI is InChI=1S/C14H22N2O2/c1-4-7-14(8-11-18-12-9-14)15-13(17)6-5-10-16(2)3/h1,5-6H,7-12H2,2-3H3,(H,15,17)/b6-5+. The van der Waals surface area contributed by atoms with Gasteiger partial charge in [-0.05, 0) is 26.9 Å². The van der Waals surface area contributed by atoms with Gasteiger partial charge >= 0.3 is 0 Å². The molecule has 0 aromatic heterocycles. The van der Waals surface area contributed by atoms with Crippen molar-refractivity contribution in [3.63, 3.8) is 0 Å². The fourth-order valence-corrected chi connectivity index (χ4v) is 1.98. The average molecular weight is 250 g/mol. The van der Waals surface area contributed by atoms with Crippen LogP contribution in [0.25, 0.3) is 0 Å². The largest absolute Gasteiger partial charge is 0.381 e. The second kappa shape index (κ2) is 7.20. The summed E-state index contributed by atoms with van der Waals surface area (Å²) in [7, 11) is 3.92. The molecule has 1 aliphatic heterocycles. The summed E-state index contributed by atoms with van der Waals surface area (Å²) >= 11 is 0. The van der Waals surface area contributed by atoms with Crippen molar-refractivity contribution in [3.8, 4) is 12.3 Å². The molecule has 1 amide bonds. The van der Waals surface area contributed by atoms with Gasteiger partial charge < -0.3 is 15.0 Å². The van der Waals surface area contributed by atoms with E-state index in [4.69, 9.17) is 11.2 Å². The van der Waals surface area contributed by atoms with Gasteiger partial charge in [-0.3, -0.25) is 4.79 Å². The molecule has 0 saturated carbocycles. The van der Waals surface area contributed by atoms with Gasteiger partial charge in [0.25, 0.3) is 0 Å². The number of hydrogen-bond donors (Lipinski definition) is 1. The summed E-state index contributed by atoms with van der Waals surface area (Å²) < 4.78 is 5.32. The second-order valence-electron chi connectivity index (χ2n) is 4.93. The van der Waals surface area contributed by atoms with Crippen molar-refractivity contribution in [2.24, 2.45) is 0 Å². The summed E-state index contributed by atoms with van der Waals surface area (Å²) in [6, 6.07) is 0. The third-order valence-corrected chi connectivity index (χ3v) is 3.02. The lowest BCUT2D eigenvalue weighted by Gasteiger charge is -2.36. The van der Waals surface area contributed by atoms with Crippen molar-refractivity contribution in [1.82, 2.24) is 10.2 Å². The monoisotopic (exact) mass is 250 g/mol. The number of ether oxygens (including phenoxy) is 1. The molecule has 18 heavy (non-hydrogen) atoms. The molecule has 0 atom stereocenters. The third kappa shape index (κ3) is 4.91. The quantitative estimate of drug-likeness (QED) is 0.579. The average Bonchev–Trinajstić information content (AvgIpc) is 2.29. The first kappa shape index (κ1) is 14.7. The van der Waals surface area contributed by atoms with Gasteiger partial charge in [-0.1, -0.05) is 6.08 Å². The van der Waals surface area contributed by atoms with E-state index in [-0.39, 0.29) is 11.4 Å². The Kier molecular flexibility index (Phi) is 5.90. The number of hydrogen-bond acceptors (Lipinski definition) is 3. The number of carbonyl (C=O) groups excluding carboxylic acids is 1. The number of nitrogens with one attached hydrogen (secondary N) is 1. The molecule has 1 heterocycles. The van der Waals surface area contributed by atoms with E-state index in [0.717, 1.165) is 19.4 Å². The van der Waals surface area contributed by atoms with Crippen LogP contribution in [-0.2, 0) is 9.53 Å². The number of rotatable bonds is 5. The van der Waals surface area contributed by atoms with E-state index in [2.05, 4.69) is 11.2 Å². The normalized spacial score (nSPS) is 18.8. The molecule has 1 saturated heterocycles. The van der Waals surface area contributed by atoms with E-state index < -0.39 is 0 Å². The molecule has 0 aliphatic carbocycles. The minimum atomic E-state index is -0.285. The summed E-state index contributed by atoms with van der Waals surface area (Å²) in [6.07, 6.45) is 10.9. The zero-order chi connectivity index (χ0) is 13.4. The number of carbonyl (C=O) groups is 1. The molecule has 0 bridgehead atoms. The molecular weight excluding hydrogens is 228 g/mol.